The van der Waals surface area contributed by atoms with Crippen LogP contribution in [0.2, 0.25) is 0 Å². The molecular weight excluding hydrogens is 204 g/mol. The van der Waals surface area contributed by atoms with Crippen LogP contribution in [-0.4, -0.2) is 16.5 Å². The molecule has 11 heavy (non-hydrogen) atoms. The number of halogens is 1. The van der Waals surface area contributed by atoms with Gasteiger partial charge in [0.05, 0.1) is 0 Å². The lowest BCUT2D eigenvalue weighted by Gasteiger charge is -2.16. The Balaban J connectivity index is 3.43. The molecule has 0 saturated carbocycles. The van der Waals surface area contributed by atoms with Crippen LogP contribution in [-0.2, 0) is 0 Å². The quantitative estimate of drug-likeness (QED) is 0.710. The van der Waals surface area contributed by atoms with Gasteiger partial charge in [-0.25, -0.2) is 0 Å². The minimum atomic E-state index is 0.320. The van der Waals surface area contributed by atoms with Crippen LogP contribution in [0.3, 0.4) is 0 Å². The van der Waals surface area contributed by atoms with Crippen molar-refractivity contribution in [3.63, 3.8) is 0 Å². The van der Waals surface area contributed by atoms with E-state index in [0.717, 1.165) is 6.42 Å². The first-order valence-electron chi connectivity index (χ1n) is 4.31. The Bertz CT molecular complexity index is 93.6. The van der Waals surface area contributed by atoms with E-state index in [9.17, 15) is 0 Å². The van der Waals surface area contributed by atoms with E-state index in [-0.39, 0.29) is 0 Å². The van der Waals surface area contributed by atoms with Crippen molar-refractivity contribution in [3.05, 3.63) is 0 Å². The van der Waals surface area contributed by atoms with Gasteiger partial charge in [0.2, 0.25) is 0 Å². The molecule has 0 aliphatic rings. The van der Waals surface area contributed by atoms with Crippen molar-refractivity contribution in [3.8, 4) is 0 Å². The van der Waals surface area contributed by atoms with Crippen LogP contribution in [0.4, 0.5) is 0 Å². The highest BCUT2D eigenvalue weighted by Crippen LogP contribution is 2.19. The van der Waals surface area contributed by atoms with Gasteiger partial charge < -0.3 is 5.11 Å². The molecule has 0 bridgehead atoms. The van der Waals surface area contributed by atoms with Gasteiger partial charge in [-0.15, -0.1) is 0 Å². The summed E-state index contributed by atoms with van der Waals surface area (Å²) < 4.78 is 0. The second-order valence-corrected chi connectivity index (χ2v) is 5.21. The molecule has 1 N–H and O–H groups in total. The zero-order valence-electron chi connectivity index (χ0n) is 7.68. The maximum absolute atomic E-state index is 8.81. The van der Waals surface area contributed by atoms with E-state index >= 15 is 0 Å². The van der Waals surface area contributed by atoms with Gasteiger partial charge in [-0.1, -0.05) is 36.7 Å². The Morgan fingerprint density at radius 3 is 2.00 bits per heavy atom. The van der Waals surface area contributed by atoms with Crippen LogP contribution in [0.15, 0.2) is 0 Å². The lowest BCUT2D eigenvalue weighted by Crippen LogP contribution is -2.09. The van der Waals surface area contributed by atoms with Crippen LogP contribution < -0.4 is 0 Å². The van der Waals surface area contributed by atoms with Gasteiger partial charge in [-0.3, -0.25) is 0 Å². The number of rotatable bonds is 5. The fourth-order valence-corrected chi connectivity index (χ4v) is 2.05. The summed E-state index contributed by atoms with van der Waals surface area (Å²) in [6, 6.07) is 0. The van der Waals surface area contributed by atoms with Crippen LogP contribution in [0.25, 0.3) is 0 Å². The Hall–Kier alpha value is 0.440. The average Bonchev–Trinajstić information content (AvgIpc) is 1.85. The zero-order chi connectivity index (χ0) is 8.85. The van der Waals surface area contributed by atoms with Crippen molar-refractivity contribution >= 4 is 15.9 Å². The molecule has 2 heteroatoms. The predicted molar refractivity (Wildman–Crippen MR) is 53.0 cm³/mol. The Morgan fingerprint density at radius 1 is 1.09 bits per heavy atom. The second-order valence-electron chi connectivity index (χ2n) is 3.65. The van der Waals surface area contributed by atoms with Gasteiger partial charge >= 0.3 is 0 Å². The molecule has 0 spiro atoms. The topological polar surface area (TPSA) is 20.2 Å². The predicted octanol–water partition coefficient (Wildman–Crippen LogP) is 2.81. The minimum Gasteiger partial charge on any atom is -0.396 e. The SMILES string of the molecule is CC(Br)CC(C)CC(C)CO. The molecule has 0 saturated heterocycles. The molecule has 0 radical (unpaired) electrons. The summed E-state index contributed by atoms with van der Waals surface area (Å²) in [6.07, 6.45) is 2.33. The summed E-state index contributed by atoms with van der Waals surface area (Å²) in [5, 5.41) is 8.81. The van der Waals surface area contributed by atoms with Crippen LogP contribution >= 0.6 is 15.9 Å². The lowest BCUT2D eigenvalue weighted by atomic mass is 9.94. The van der Waals surface area contributed by atoms with Crippen molar-refractivity contribution in [1.29, 1.82) is 0 Å². The van der Waals surface area contributed by atoms with E-state index < -0.39 is 0 Å². The summed E-state index contributed by atoms with van der Waals surface area (Å²) in [5.41, 5.74) is 0. The number of aliphatic hydroxyl groups excluding tert-OH is 1. The first kappa shape index (κ1) is 11.4. The summed E-state index contributed by atoms with van der Waals surface area (Å²) in [7, 11) is 0. The molecule has 0 aromatic heterocycles. The third-order valence-electron chi connectivity index (χ3n) is 1.84. The molecule has 0 aromatic rings. The Labute approximate surface area is 78.3 Å². The van der Waals surface area contributed by atoms with E-state index in [2.05, 4.69) is 36.7 Å². The third-order valence-corrected chi connectivity index (χ3v) is 2.22. The molecule has 0 fully saturated rings. The Kier molecular flexibility index (Phi) is 6.25. The van der Waals surface area contributed by atoms with Crippen molar-refractivity contribution in [1.82, 2.24) is 0 Å². The average molecular weight is 223 g/mol. The molecule has 0 rings (SSSR count). The summed E-state index contributed by atoms with van der Waals surface area (Å²) in [5.74, 6) is 1.17. The van der Waals surface area contributed by atoms with Crippen molar-refractivity contribution < 1.29 is 5.11 Å². The van der Waals surface area contributed by atoms with Gasteiger partial charge in [0.1, 0.15) is 0 Å². The van der Waals surface area contributed by atoms with Crippen LogP contribution in [0.1, 0.15) is 33.6 Å². The molecule has 0 aliphatic carbocycles. The van der Waals surface area contributed by atoms with Crippen molar-refractivity contribution in [2.24, 2.45) is 11.8 Å². The lowest BCUT2D eigenvalue weighted by molar-refractivity contribution is 0.213. The van der Waals surface area contributed by atoms with Crippen LogP contribution in [0.5, 0.6) is 0 Å². The zero-order valence-corrected chi connectivity index (χ0v) is 9.26. The van der Waals surface area contributed by atoms with E-state index in [1.54, 1.807) is 0 Å². The smallest absolute Gasteiger partial charge is 0.0456 e. The molecule has 3 unspecified atom stereocenters. The molecule has 0 amide bonds. The summed E-state index contributed by atoms with van der Waals surface area (Å²) in [4.78, 5) is 0.600. The Morgan fingerprint density at radius 2 is 1.64 bits per heavy atom. The van der Waals surface area contributed by atoms with Gasteiger partial charge in [0.15, 0.2) is 0 Å². The monoisotopic (exact) mass is 222 g/mol. The third kappa shape index (κ3) is 6.82. The van der Waals surface area contributed by atoms with E-state index in [1.165, 1.54) is 6.42 Å². The first-order valence-corrected chi connectivity index (χ1v) is 5.22. The van der Waals surface area contributed by atoms with Gasteiger partial charge in [-0.2, -0.15) is 0 Å². The number of hydrogen-bond donors (Lipinski definition) is 1. The summed E-state index contributed by atoms with van der Waals surface area (Å²) in [6.45, 7) is 6.82. The number of aliphatic hydroxyl groups is 1. The summed E-state index contributed by atoms with van der Waals surface area (Å²) >= 11 is 3.52. The second kappa shape index (κ2) is 6.01. The van der Waals surface area contributed by atoms with Crippen molar-refractivity contribution in [2.45, 2.75) is 38.4 Å². The maximum Gasteiger partial charge on any atom is 0.0456 e. The van der Waals surface area contributed by atoms with Crippen LogP contribution in [0, 0.1) is 11.8 Å². The molecule has 1 nitrogen and oxygen atoms in total. The molecule has 0 aliphatic heterocycles. The largest absolute Gasteiger partial charge is 0.396 e. The molecule has 0 aromatic carbocycles. The fourth-order valence-electron chi connectivity index (χ4n) is 1.41. The number of hydrogen-bond acceptors (Lipinski definition) is 1. The minimum absolute atomic E-state index is 0.320. The maximum atomic E-state index is 8.81. The molecule has 0 heterocycles. The van der Waals surface area contributed by atoms with E-state index in [0.29, 0.717) is 23.3 Å². The highest BCUT2D eigenvalue weighted by molar-refractivity contribution is 9.09. The number of alkyl halides is 1. The molecule has 68 valence electrons. The normalized spacial score (nSPS) is 19.4. The van der Waals surface area contributed by atoms with Gasteiger partial charge in [0.25, 0.3) is 0 Å². The highest BCUT2D eigenvalue weighted by atomic mass is 79.9. The standard InChI is InChI=1S/C9H19BrO/c1-7(5-9(3)10)4-8(2)6-11/h7-9,11H,4-6H2,1-3H3. The first-order chi connectivity index (χ1) is 5.06. The van der Waals surface area contributed by atoms with Gasteiger partial charge in [-0.05, 0) is 24.7 Å². The van der Waals surface area contributed by atoms with Gasteiger partial charge in [0, 0.05) is 11.4 Å². The van der Waals surface area contributed by atoms with Crippen molar-refractivity contribution in [2.75, 3.05) is 6.61 Å². The van der Waals surface area contributed by atoms with E-state index in [4.69, 9.17) is 5.11 Å². The molecule has 3 atom stereocenters. The highest BCUT2D eigenvalue weighted by Gasteiger charge is 2.09. The van der Waals surface area contributed by atoms with E-state index in [1.807, 2.05) is 0 Å². The fraction of sp³-hybridized carbons (Fsp3) is 1.00. The molecular formula is C9H19BrO.